The summed E-state index contributed by atoms with van der Waals surface area (Å²) in [4.78, 5) is 28.1. The van der Waals surface area contributed by atoms with E-state index in [2.05, 4.69) is 13.8 Å². The lowest BCUT2D eigenvalue weighted by Crippen LogP contribution is -2.29. The largest absolute Gasteiger partial charge is 0.507 e. The summed E-state index contributed by atoms with van der Waals surface area (Å²) in [6.45, 7) is 6.90. The summed E-state index contributed by atoms with van der Waals surface area (Å²) in [5, 5.41) is 11.4. The Morgan fingerprint density at radius 1 is 1.14 bits per heavy atom. The number of amides is 1. The summed E-state index contributed by atoms with van der Waals surface area (Å²) in [5.41, 5.74) is 2.15. The Morgan fingerprint density at radius 3 is 2.73 bits per heavy atom. The van der Waals surface area contributed by atoms with Crippen LogP contribution in [0.1, 0.15) is 55.7 Å². The second-order valence-corrected chi connectivity index (χ2v) is 10.1. The fourth-order valence-corrected chi connectivity index (χ4v) is 4.87. The molecule has 3 aromatic rings. The molecule has 2 atom stereocenters. The molecule has 1 fully saturated rings. The molecule has 0 aliphatic carbocycles. The molecule has 7 nitrogen and oxygen atoms in total. The van der Waals surface area contributed by atoms with E-state index in [1.54, 1.807) is 24.3 Å². The number of Topliss-reactive ketones (excluding diaryl/α,β-unsaturated/α-hetero) is 1. The van der Waals surface area contributed by atoms with E-state index < -0.39 is 17.7 Å². The number of hydrogen-bond donors (Lipinski definition) is 1. The topological polar surface area (TPSA) is 89.2 Å². The maximum atomic E-state index is 13.4. The van der Waals surface area contributed by atoms with Gasteiger partial charge in [-0.15, -0.1) is 0 Å². The molecule has 192 valence electrons. The van der Waals surface area contributed by atoms with Gasteiger partial charge in [0.2, 0.25) is 0 Å². The molecular formula is C30H31NO6. The van der Waals surface area contributed by atoms with E-state index in [9.17, 15) is 14.7 Å². The van der Waals surface area contributed by atoms with Crippen LogP contribution in [0.3, 0.4) is 0 Å². The number of hydrogen-bond acceptors (Lipinski definition) is 6. The molecule has 2 aromatic carbocycles. The highest BCUT2D eigenvalue weighted by Gasteiger charge is 2.46. The van der Waals surface area contributed by atoms with Crippen molar-refractivity contribution in [1.82, 2.24) is 4.90 Å². The number of likely N-dealkylation sites (tertiary alicyclic amines) is 1. The first-order valence-electron chi connectivity index (χ1n) is 12.7. The number of benzene rings is 2. The van der Waals surface area contributed by atoms with Crippen LogP contribution in [0.2, 0.25) is 0 Å². The van der Waals surface area contributed by atoms with Crippen LogP contribution < -0.4 is 9.47 Å². The zero-order valence-corrected chi connectivity index (χ0v) is 21.3. The van der Waals surface area contributed by atoms with Gasteiger partial charge in [-0.3, -0.25) is 9.59 Å². The average molecular weight is 502 g/mol. The monoisotopic (exact) mass is 501 g/mol. The molecule has 1 aromatic heterocycles. The Balaban J connectivity index is 1.57. The first-order chi connectivity index (χ1) is 17.8. The highest BCUT2D eigenvalue weighted by Crippen LogP contribution is 2.42. The Morgan fingerprint density at radius 2 is 1.97 bits per heavy atom. The molecule has 5 rings (SSSR count). The van der Waals surface area contributed by atoms with E-state index in [1.807, 2.05) is 37.3 Å². The third-order valence-electron chi connectivity index (χ3n) is 6.75. The van der Waals surface area contributed by atoms with Crippen molar-refractivity contribution in [2.45, 2.75) is 52.3 Å². The van der Waals surface area contributed by atoms with Gasteiger partial charge in [-0.05, 0) is 72.9 Å². The van der Waals surface area contributed by atoms with Crippen molar-refractivity contribution in [1.29, 1.82) is 0 Å². The predicted molar refractivity (Wildman–Crippen MR) is 138 cm³/mol. The van der Waals surface area contributed by atoms with Gasteiger partial charge >= 0.3 is 0 Å². The smallest absolute Gasteiger partial charge is 0.296 e. The van der Waals surface area contributed by atoms with Gasteiger partial charge in [0.25, 0.3) is 11.7 Å². The van der Waals surface area contributed by atoms with E-state index in [1.165, 1.54) is 11.2 Å². The predicted octanol–water partition coefficient (Wildman–Crippen LogP) is 5.65. The minimum Gasteiger partial charge on any atom is -0.507 e. The molecule has 1 N–H and O–H groups in total. The lowest BCUT2D eigenvalue weighted by Gasteiger charge is -2.25. The first-order valence-corrected chi connectivity index (χ1v) is 12.7. The van der Waals surface area contributed by atoms with E-state index in [-0.39, 0.29) is 24.0 Å². The zero-order chi connectivity index (χ0) is 26.1. The molecular weight excluding hydrogens is 470 g/mol. The Labute approximate surface area is 216 Å². The number of ketones is 1. The van der Waals surface area contributed by atoms with Crippen LogP contribution in [0, 0.1) is 5.92 Å². The number of aliphatic hydroxyl groups is 1. The van der Waals surface area contributed by atoms with Gasteiger partial charge in [-0.25, -0.2) is 0 Å². The Hall–Kier alpha value is -4.00. The lowest BCUT2D eigenvalue weighted by atomic mass is 9.94. The minimum atomic E-state index is -0.804. The molecule has 1 saturated heterocycles. The Kier molecular flexibility index (Phi) is 6.78. The number of furan rings is 1. The highest BCUT2D eigenvalue weighted by atomic mass is 16.5. The van der Waals surface area contributed by atoms with Gasteiger partial charge in [-0.1, -0.05) is 26.0 Å². The summed E-state index contributed by atoms with van der Waals surface area (Å²) in [6, 6.07) is 15.4. The average Bonchev–Trinajstić information content (AvgIpc) is 3.58. The van der Waals surface area contributed by atoms with Crippen LogP contribution in [0.15, 0.2) is 70.9 Å². The molecule has 0 bridgehead atoms. The summed E-state index contributed by atoms with van der Waals surface area (Å²) >= 11 is 0. The number of ether oxygens (including phenoxy) is 2. The standard InChI is InChI=1S/C30H31NO6/c1-18(2)11-13-36-23-7-4-6-20(16-23)27-26(29(33)30(34)31(27)17-24-8-5-12-35-24)28(32)21-9-10-25-22(15-21)14-19(3)37-25/h4-10,12,15-16,18-19,27,32H,11,13-14,17H2,1-3H3/b28-26+/t19-,27-/m1/s1. The van der Waals surface area contributed by atoms with Gasteiger partial charge < -0.3 is 23.9 Å². The van der Waals surface area contributed by atoms with Gasteiger partial charge in [-0.2, -0.15) is 0 Å². The fourth-order valence-electron chi connectivity index (χ4n) is 4.87. The molecule has 0 unspecified atom stereocenters. The van der Waals surface area contributed by atoms with Gasteiger partial charge in [0.1, 0.15) is 29.1 Å². The van der Waals surface area contributed by atoms with Crippen molar-refractivity contribution in [3.8, 4) is 11.5 Å². The molecule has 2 aliphatic heterocycles. The first kappa shape index (κ1) is 24.7. The summed E-state index contributed by atoms with van der Waals surface area (Å²) in [7, 11) is 0. The third-order valence-corrected chi connectivity index (χ3v) is 6.75. The van der Waals surface area contributed by atoms with Gasteiger partial charge in [0.05, 0.1) is 31.0 Å². The molecule has 0 radical (unpaired) electrons. The van der Waals surface area contributed by atoms with Crippen molar-refractivity contribution >= 4 is 17.4 Å². The van der Waals surface area contributed by atoms with Crippen LogP contribution in [0.25, 0.3) is 5.76 Å². The minimum absolute atomic E-state index is 0.0443. The summed E-state index contributed by atoms with van der Waals surface area (Å²) < 4.78 is 17.2. The summed E-state index contributed by atoms with van der Waals surface area (Å²) in [6.07, 6.45) is 3.19. The van der Waals surface area contributed by atoms with E-state index in [4.69, 9.17) is 13.9 Å². The van der Waals surface area contributed by atoms with Crippen LogP contribution in [0.4, 0.5) is 0 Å². The molecule has 1 amide bonds. The van der Waals surface area contributed by atoms with Crippen molar-refractivity contribution in [3.63, 3.8) is 0 Å². The van der Waals surface area contributed by atoms with Crippen LogP contribution in [0.5, 0.6) is 11.5 Å². The molecule has 2 aliphatic rings. The van der Waals surface area contributed by atoms with Crippen LogP contribution in [-0.2, 0) is 22.6 Å². The van der Waals surface area contributed by atoms with Crippen LogP contribution >= 0.6 is 0 Å². The third kappa shape index (κ3) is 4.99. The Bertz CT molecular complexity index is 1340. The quantitative estimate of drug-likeness (QED) is 0.244. The maximum absolute atomic E-state index is 13.4. The van der Waals surface area contributed by atoms with Crippen LogP contribution in [-0.4, -0.2) is 34.4 Å². The fraction of sp³-hybridized carbons (Fsp3) is 0.333. The lowest BCUT2D eigenvalue weighted by molar-refractivity contribution is -0.140. The van der Waals surface area contributed by atoms with E-state index in [0.29, 0.717) is 41.6 Å². The SMILES string of the molecule is CC(C)CCOc1cccc([C@@H]2/C(=C(\O)c3ccc4c(c3)C[C@@H](C)O4)C(=O)C(=O)N2Cc2ccco2)c1. The van der Waals surface area contributed by atoms with Gasteiger partial charge in [0, 0.05) is 12.0 Å². The second kappa shape index (κ2) is 10.2. The number of carbonyl (C=O) groups excluding carboxylic acids is 2. The zero-order valence-electron chi connectivity index (χ0n) is 21.3. The highest BCUT2D eigenvalue weighted by molar-refractivity contribution is 6.46. The van der Waals surface area contributed by atoms with Gasteiger partial charge in [0.15, 0.2) is 0 Å². The molecule has 7 heteroatoms. The van der Waals surface area contributed by atoms with E-state index in [0.717, 1.165) is 17.7 Å². The maximum Gasteiger partial charge on any atom is 0.296 e. The van der Waals surface area contributed by atoms with Crippen molar-refractivity contribution in [3.05, 3.63) is 88.9 Å². The number of aliphatic hydroxyl groups excluding tert-OH is 1. The summed E-state index contributed by atoms with van der Waals surface area (Å²) in [5.74, 6) is 0.830. The molecule has 0 spiro atoms. The number of fused-ring (bicyclic) bond motifs is 1. The molecule has 0 saturated carbocycles. The van der Waals surface area contributed by atoms with E-state index >= 15 is 0 Å². The number of nitrogens with zero attached hydrogens (tertiary/aromatic N) is 1. The van der Waals surface area contributed by atoms with Crippen molar-refractivity contribution in [2.24, 2.45) is 5.92 Å². The number of rotatable bonds is 8. The molecule has 37 heavy (non-hydrogen) atoms. The van der Waals surface area contributed by atoms with Crippen molar-refractivity contribution in [2.75, 3.05) is 6.61 Å². The molecule has 3 heterocycles. The normalized spacial score (nSPS) is 20.4. The number of carbonyl (C=O) groups is 2. The second-order valence-electron chi connectivity index (χ2n) is 10.1. The van der Waals surface area contributed by atoms with Crippen molar-refractivity contribution < 1.29 is 28.6 Å².